The number of aldehydes is 1. The molecular formula is C9H19BO2. The van der Waals surface area contributed by atoms with Crippen molar-refractivity contribution in [2.45, 2.75) is 45.3 Å². The Morgan fingerprint density at radius 1 is 1.17 bits per heavy atom. The molecule has 0 rings (SSSR count). The molecule has 0 aromatic carbocycles. The van der Waals surface area contributed by atoms with Crippen LogP contribution in [0.1, 0.15) is 38.5 Å². The summed E-state index contributed by atoms with van der Waals surface area (Å²) in [5.74, 6) is 0. The standard InChI is InChI=1S/C9H19BO2/c1-10-12-9-7-5-3-2-4-6-8-11/h8,10H,2-7,9H2,1H3. The third-order valence-corrected chi connectivity index (χ3v) is 1.81. The molecule has 0 amide bonds. The summed E-state index contributed by atoms with van der Waals surface area (Å²) in [6.07, 6.45) is 7.60. The lowest BCUT2D eigenvalue weighted by atomic mass is 10.1. The maximum atomic E-state index is 9.96. The molecule has 0 saturated heterocycles. The molecular weight excluding hydrogens is 151 g/mol. The summed E-state index contributed by atoms with van der Waals surface area (Å²) >= 11 is 0. The zero-order chi connectivity index (χ0) is 9.07. The van der Waals surface area contributed by atoms with Crippen LogP contribution < -0.4 is 0 Å². The molecule has 0 bridgehead atoms. The second-order valence-corrected chi connectivity index (χ2v) is 2.92. The first-order valence-corrected chi connectivity index (χ1v) is 4.93. The predicted molar refractivity (Wildman–Crippen MR) is 52.7 cm³/mol. The highest BCUT2D eigenvalue weighted by molar-refractivity contribution is 6.24. The lowest BCUT2D eigenvalue weighted by molar-refractivity contribution is -0.107. The van der Waals surface area contributed by atoms with Gasteiger partial charge in [0.1, 0.15) is 6.29 Å². The van der Waals surface area contributed by atoms with E-state index < -0.39 is 0 Å². The van der Waals surface area contributed by atoms with E-state index in [0.29, 0.717) is 0 Å². The van der Waals surface area contributed by atoms with E-state index in [4.69, 9.17) is 4.65 Å². The van der Waals surface area contributed by atoms with Gasteiger partial charge < -0.3 is 9.45 Å². The number of hydrogen-bond acceptors (Lipinski definition) is 2. The van der Waals surface area contributed by atoms with Gasteiger partial charge in [-0.2, -0.15) is 0 Å². The van der Waals surface area contributed by atoms with Crippen LogP contribution in [-0.2, 0) is 9.45 Å². The minimum atomic E-state index is 0.728. The van der Waals surface area contributed by atoms with E-state index in [9.17, 15) is 4.79 Å². The fourth-order valence-corrected chi connectivity index (χ4v) is 1.11. The number of unbranched alkanes of at least 4 members (excludes halogenated alkanes) is 5. The van der Waals surface area contributed by atoms with Crippen LogP contribution in [0.25, 0.3) is 0 Å². The van der Waals surface area contributed by atoms with Crippen molar-refractivity contribution in [1.82, 2.24) is 0 Å². The fraction of sp³-hybridized carbons (Fsp3) is 0.889. The van der Waals surface area contributed by atoms with Crippen molar-refractivity contribution < 1.29 is 9.45 Å². The van der Waals surface area contributed by atoms with Gasteiger partial charge in [-0.25, -0.2) is 0 Å². The number of carbonyl (C=O) groups is 1. The Hall–Kier alpha value is -0.305. The molecule has 2 nitrogen and oxygen atoms in total. The van der Waals surface area contributed by atoms with Crippen LogP contribution >= 0.6 is 0 Å². The van der Waals surface area contributed by atoms with Gasteiger partial charge in [0.2, 0.25) is 0 Å². The average molecular weight is 170 g/mol. The third kappa shape index (κ3) is 9.69. The molecule has 0 radical (unpaired) electrons. The maximum Gasteiger partial charge on any atom is 0.271 e. The zero-order valence-corrected chi connectivity index (χ0v) is 8.05. The van der Waals surface area contributed by atoms with Crippen molar-refractivity contribution in [2.75, 3.05) is 6.61 Å². The lowest BCUT2D eigenvalue weighted by Gasteiger charge is -2.00. The molecule has 0 spiro atoms. The molecule has 0 aliphatic rings. The molecule has 0 unspecified atom stereocenters. The van der Waals surface area contributed by atoms with Gasteiger partial charge in [0.05, 0.1) is 0 Å². The molecule has 12 heavy (non-hydrogen) atoms. The lowest BCUT2D eigenvalue weighted by Crippen LogP contribution is -1.95. The van der Waals surface area contributed by atoms with Gasteiger partial charge in [0.15, 0.2) is 0 Å². The van der Waals surface area contributed by atoms with Crippen molar-refractivity contribution in [3.63, 3.8) is 0 Å². The van der Waals surface area contributed by atoms with E-state index in [1.165, 1.54) is 19.3 Å². The Morgan fingerprint density at radius 2 is 1.83 bits per heavy atom. The van der Waals surface area contributed by atoms with Crippen LogP contribution in [0.2, 0.25) is 6.82 Å². The Bertz CT molecular complexity index is 96.5. The molecule has 70 valence electrons. The number of carbonyl (C=O) groups excluding carboxylic acids is 1. The van der Waals surface area contributed by atoms with E-state index in [0.717, 1.165) is 39.6 Å². The third-order valence-electron chi connectivity index (χ3n) is 1.81. The van der Waals surface area contributed by atoms with Gasteiger partial charge in [0.25, 0.3) is 7.48 Å². The molecule has 0 heterocycles. The average Bonchev–Trinajstić information content (AvgIpc) is 2.10. The summed E-state index contributed by atoms with van der Waals surface area (Å²) < 4.78 is 5.21. The van der Waals surface area contributed by atoms with Crippen molar-refractivity contribution >= 4 is 13.8 Å². The van der Waals surface area contributed by atoms with Gasteiger partial charge in [-0.1, -0.05) is 26.1 Å². The summed E-state index contributed by atoms with van der Waals surface area (Å²) in [4.78, 5) is 9.96. The van der Waals surface area contributed by atoms with Crippen molar-refractivity contribution in [2.24, 2.45) is 0 Å². The van der Waals surface area contributed by atoms with E-state index >= 15 is 0 Å². The first-order valence-electron chi connectivity index (χ1n) is 4.93. The molecule has 0 fully saturated rings. The Labute approximate surface area is 76.0 Å². The molecule has 0 aliphatic carbocycles. The molecule has 0 aromatic heterocycles. The molecule has 0 aliphatic heterocycles. The molecule has 3 heteroatoms. The SMILES string of the molecule is CBOCCCCCCCC=O. The van der Waals surface area contributed by atoms with Crippen LogP contribution in [0.3, 0.4) is 0 Å². The van der Waals surface area contributed by atoms with Crippen LogP contribution in [0, 0.1) is 0 Å². The second-order valence-electron chi connectivity index (χ2n) is 2.92. The van der Waals surface area contributed by atoms with Crippen LogP contribution in [-0.4, -0.2) is 20.4 Å². The van der Waals surface area contributed by atoms with Gasteiger partial charge in [-0.15, -0.1) is 0 Å². The normalized spacial score (nSPS) is 9.75. The van der Waals surface area contributed by atoms with E-state index in [1.807, 2.05) is 6.82 Å². The van der Waals surface area contributed by atoms with Crippen LogP contribution in [0.15, 0.2) is 0 Å². The summed E-state index contributed by atoms with van der Waals surface area (Å²) in [6, 6.07) is 0. The predicted octanol–water partition coefficient (Wildman–Crippen LogP) is 1.94. The van der Waals surface area contributed by atoms with Gasteiger partial charge in [0, 0.05) is 13.0 Å². The highest BCUT2D eigenvalue weighted by Gasteiger charge is 1.90. The van der Waals surface area contributed by atoms with Crippen molar-refractivity contribution in [3.8, 4) is 0 Å². The highest BCUT2D eigenvalue weighted by Crippen LogP contribution is 2.04. The second kappa shape index (κ2) is 10.7. The Balaban J connectivity index is 2.77. The van der Waals surface area contributed by atoms with E-state index in [-0.39, 0.29) is 0 Å². The smallest absolute Gasteiger partial charge is 0.271 e. The summed E-state index contributed by atoms with van der Waals surface area (Å²) in [5, 5.41) is 0. The largest absolute Gasteiger partial charge is 0.440 e. The van der Waals surface area contributed by atoms with Gasteiger partial charge >= 0.3 is 0 Å². The summed E-state index contributed by atoms with van der Waals surface area (Å²) in [6.45, 7) is 2.91. The highest BCUT2D eigenvalue weighted by atomic mass is 16.4. The Morgan fingerprint density at radius 3 is 2.50 bits per heavy atom. The van der Waals surface area contributed by atoms with Gasteiger partial charge in [-0.05, 0) is 12.8 Å². The fourth-order valence-electron chi connectivity index (χ4n) is 1.11. The number of hydrogen-bond donors (Lipinski definition) is 0. The van der Waals surface area contributed by atoms with Crippen LogP contribution in [0.5, 0.6) is 0 Å². The first kappa shape index (κ1) is 11.7. The maximum absolute atomic E-state index is 9.96. The summed E-state index contributed by atoms with van der Waals surface area (Å²) in [7, 11) is 0.825. The molecule has 0 atom stereocenters. The summed E-state index contributed by atoms with van der Waals surface area (Å²) in [5.41, 5.74) is 0. The monoisotopic (exact) mass is 170 g/mol. The van der Waals surface area contributed by atoms with Gasteiger partial charge in [-0.3, -0.25) is 0 Å². The van der Waals surface area contributed by atoms with Crippen molar-refractivity contribution in [3.05, 3.63) is 0 Å². The molecule has 0 saturated carbocycles. The zero-order valence-electron chi connectivity index (χ0n) is 8.05. The minimum absolute atomic E-state index is 0.728. The number of rotatable bonds is 9. The van der Waals surface area contributed by atoms with E-state index in [1.54, 1.807) is 0 Å². The topological polar surface area (TPSA) is 26.3 Å². The first-order chi connectivity index (χ1) is 5.91. The van der Waals surface area contributed by atoms with Crippen LogP contribution in [0.4, 0.5) is 0 Å². The van der Waals surface area contributed by atoms with Crippen molar-refractivity contribution in [1.29, 1.82) is 0 Å². The molecule has 0 aromatic rings. The minimum Gasteiger partial charge on any atom is -0.440 e. The quantitative estimate of drug-likeness (QED) is 0.300. The molecule has 0 N–H and O–H groups in total. The van der Waals surface area contributed by atoms with E-state index in [2.05, 4.69) is 0 Å². The Kier molecular flexibility index (Phi) is 10.4.